The van der Waals surface area contributed by atoms with Crippen molar-refractivity contribution in [1.29, 1.82) is 0 Å². The Balaban J connectivity index is 2.37. The maximum absolute atomic E-state index is 12.1. The molecule has 1 aromatic carbocycles. The number of hydrogen-bond acceptors (Lipinski definition) is 4. The van der Waals surface area contributed by atoms with Crippen molar-refractivity contribution >= 4 is 17.3 Å². The number of rotatable bonds is 4. The van der Waals surface area contributed by atoms with Crippen molar-refractivity contribution in [1.82, 2.24) is 5.32 Å². The van der Waals surface area contributed by atoms with Gasteiger partial charge in [0.05, 0.1) is 23.9 Å². The van der Waals surface area contributed by atoms with Crippen LogP contribution in [0.3, 0.4) is 0 Å². The summed E-state index contributed by atoms with van der Waals surface area (Å²) in [6.07, 6.45) is 1.97. The van der Waals surface area contributed by atoms with E-state index in [1.165, 1.54) is 0 Å². The van der Waals surface area contributed by atoms with Gasteiger partial charge >= 0.3 is 0 Å². The molecule has 0 aromatic heterocycles. The van der Waals surface area contributed by atoms with Crippen LogP contribution >= 0.6 is 0 Å². The molecule has 0 spiro atoms. The summed E-state index contributed by atoms with van der Waals surface area (Å²) in [6, 6.07) is 5.38. The Hall–Kier alpha value is -1.75. The van der Waals surface area contributed by atoms with Gasteiger partial charge in [-0.3, -0.25) is 4.79 Å². The molecule has 2 rings (SSSR count). The molecule has 0 bridgehead atoms. The molecule has 1 aromatic rings. The van der Waals surface area contributed by atoms with Gasteiger partial charge in [-0.15, -0.1) is 0 Å². The Bertz CT molecular complexity index is 462. The molecular formula is C14H21N3O2. The van der Waals surface area contributed by atoms with Gasteiger partial charge in [-0.25, -0.2) is 0 Å². The third-order valence-electron chi connectivity index (χ3n) is 3.50. The SMILES string of the molecule is CCNC(=O)c1ccc(N)cc1N1CCCC1CO. The topological polar surface area (TPSA) is 78.6 Å². The minimum atomic E-state index is -0.0962. The second kappa shape index (κ2) is 5.93. The second-order valence-electron chi connectivity index (χ2n) is 4.81. The van der Waals surface area contributed by atoms with Crippen molar-refractivity contribution in [2.24, 2.45) is 0 Å². The van der Waals surface area contributed by atoms with Crippen LogP contribution < -0.4 is 16.0 Å². The molecule has 1 saturated heterocycles. The van der Waals surface area contributed by atoms with Crippen molar-refractivity contribution in [3.8, 4) is 0 Å². The fourth-order valence-corrected chi connectivity index (χ4v) is 2.58. The first-order valence-corrected chi connectivity index (χ1v) is 6.72. The highest BCUT2D eigenvalue weighted by Crippen LogP contribution is 2.30. The Kier molecular flexibility index (Phi) is 4.27. The van der Waals surface area contributed by atoms with Crippen molar-refractivity contribution < 1.29 is 9.90 Å². The van der Waals surface area contributed by atoms with Crippen LogP contribution in [0.2, 0.25) is 0 Å². The van der Waals surface area contributed by atoms with Crippen LogP contribution in [0.5, 0.6) is 0 Å². The number of carbonyl (C=O) groups excluding carboxylic acids is 1. The average Bonchev–Trinajstić information content (AvgIpc) is 2.86. The predicted molar refractivity (Wildman–Crippen MR) is 76.3 cm³/mol. The van der Waals surface area contributed by atoms with E-state index >= 15 is 0 Å². The number of nitrogens with two attached hydrogens (primary N) is 1. The summed E-state index contributed by atoms with van der Waals surface area (Å²) in [6.45, 7) is 3.43. The van der Waals surface area contributed by atoms with Crippen molar-refractivity contribution in [2.75, 3.05) is 30.3 Å². The zero-order chi connectivity index (χ0) is 13.8. The van der Waals surface area contributed by atoms with Crippen LogP contribution in [0.1, 0.15) is 30.1 Å². The number of nitrogens with zero attached hydrogens (tertiary/aromatic N) is 1. The van der Waals surface area contributed by atoms with Gasteiger partial charge in [-0.2, -0.15) is 0 Å². The van der Waals surface area contributed by atoms with E-state index < -0.39 is 0 Å². The van der Waals surface area contributed by atoms with Crippen LogP contribution in [0.4, 0.5) is 11.4 Å². The Morgan fingerprint density at radius 2 is 2.37 bits per heavy atom. The molecule has 5 nitrogen and oxygen atoms in total. The standard InChI is InChI=1S/C14H21N3O2/c1-2-16-14(19)12-6-5-10(15)8-13(12)17-7-3-4-11(17)9-18/h5-6,8,11,18H,2-4,7,9,15H2,1H3,(H,16,19). The molecule has 1 heterocycles. The zero-order valence-electron chi connectivity index (χ0n) is 11.2. The van der Waals surface area contributed by atoms with E-state index in [9.17, 15) is 9.90 Å². The predicted octanol–water partition coefficient (Wildman–Crippen LogP) is 0.980. The number of aliphatic hydroxyl groups excluding tert-OH is 1. The molecule has 0 radical (unpaired) electrons. The van der Waals surface area contributed by atoms with E-state index in [1.807, 2.05) is 13.0 Å². The van der Waals surface area contributed by atoms with Crippen LogP contribution in [0.15, 0.2) is 18.2 Å². The Labute approximate surface area is 113 Å². The van der Waals surface area contributed by atoms with Crippen molar-refractivity contribution in [3.63, 3.8) is 0 Å². The first-order chi connectivity index (χ1) is 9.17. The fourth-order valence-electron chi connectivity index (χ4n) is 2.58. The minimum absolute atomic E-state index is 0.0787. The van der Waals surface area contributed by atoms with E-state index in [0.29, 0.717) is 17.8 Å². The maximum atomic E-state index is 12.1. The minimum Gasteiger partial charge on any atom is -0.399 e. The van der Waals surface area contributed by atoms with Crippen LogP contribution in [0, 0.1) is 0 Å². The van der Waals surface area contributed by atoms with Gasteiger partial charge in [-0.1, -0.05) is 0 Å². The summed E-state index contributed by atoms with van der Waals surface area (Å²) in [7, 11) is 0. The summed E-state index contributed by atoms with van der Waals surface area (Å²) >= 11 is 0. The first-order valence-electron chi connectivity index (χ1n) is 6.72. The number of nitrogen functional groups attached to an aromatic ring is 1. The van der Waals surface area contributed by atoms with Gasteiger partial charge in [-0.05, 0) is 38.0 Å². The van der Waals surface area contributed by atoms with Gasteiger partial charge in [0.2, 0.25) is 0 Å². The van der Waals surface area contributed by atoms with E-state index in [0.717, 1.165) is 25.1 Å². The first kappa shape index (κ1) is 13.7. The molecule has 1 aliphatic heterocycles. The summed E-state index contributed by atoms with van der Waals surface area (Å²) in [5, 5.41) is 12.2. The normalized spacial score (nSPS) is 18.6. The zero-order valence-corrected chi connectivity index (χ0v) is 11.2. The highest BCUT2D eigenvalue weighted by Gasteiger charge is 2.27. The summed E-state index contributed by atoms with van der Waals surface area (Å²) < 4.78 is 0. The average molecular weight is 263 g/mol. The molecule has 19 heavy (non-hydrogen) atoms. The molecule has 4 N–H and O–H groups in total. The van der Waals surface area contributed by atoms with E-state index in [2.05, 4.69) is 10.2 Å². The largest absolute Gasteiger partial charge is 0.399 e. The monoisotopic (exact) mass is 263 g/mol. The number of carbonyl (C=O) groups is 1. The molecule has 5 heteroatoms. The lowest BCUT2D eigenvalue weighted by atomic mass is 10.1. The summed E-state index contributed by atoms with van der Waals surface area (Å²) in [5.41, 5.74) is 7.91. The highest BCUT2D eigenvalue weighted by atomic mass is 16.3. The number of anilines is 2. The van der Waals surface area contributed by atoms with Gasteiger partial charge in [0.25, 0.3) is 5.91 Å². The third kappa shape index (κ3) is 2.81. The Morgan fingerprint density at radius 3 is 3.05 bits per heavy atom. The van der Waals surface area contributed by atoms with Crippen LogP contribution in [-0.4, -0.2) is 36.8 Å². The lowest BCUT2D eigenvalue weighted by Crippen LogP contribution is -2.34. The molecular weight excluding hydrogens is 242 g/mol. The number of benzene rings is 1. The van der Waals surface area contributed by atoms with E-state index in [4.69, 9.17) is 5.73 Å². The molecule has 1 amide bonds. The quantitative estimate of drug-likeness (QED) is 0.708. The van der Waals surface area contributed by atoms with E-state index in [-0.39, 0.29) is 18.6 Å². The fraction of sp³-hybridized carbons (Fsp3) is 0.500. The summed E-state index contributed by atoms with van der Waals surface area (Å²) in [4.78, 5) is 14.2. The van der Waals surface area contributed by atoms with Crippen LogP contribution in [0.25, 0.3) is 0 Å². The van der Waals surface area contributed by atoms with Crippen molar-refractivity contribution in [2.45, 2.75) is 25.8 Å². The van der Waals surface area contributed by atoms with Gasteiger partial charge in [0.1, 0.15) is 0 Å². The smallest absolute Gasteiger partial charge is 0.253 e. The highest BCUT2D eigenvalue weighted by molar-refractivity contribution is 6.00. The third-order valence-corrected chi connectivity index (χ3v) is 3.50. The lowest BCUT2D eigenvalue weighted by Gasteiger charge is -2.27. The Morgan fingerprint density at radius 1 is 1.58 bits per heavy atom. The van der Waals surface area contributed by atoms with Crippen molar-refractivity contribution in [3.05, 3.63) is 23.8 Å². The van der Waals surface area contributed by atoms with Gasteiger partial charge in [0, 0.05) is 18.8 Å². The second-order valence-corrected chi connectivity index (χ2v) is 4.81. The molecule has 1 aliphatic rings. The van der Waals surface area contributed by atoms with Gasteiger partial charge < -0.3 is 21.1 Å². The van der Waals surface area contributed by atoms with E-state index in [1.54, 1.807) is 12.1 Å². The molecule has 0 aliphatic carbocycles. The number of nitrogens with one attached hydrogen (secondary N) is 1. The molecule has 104 valence electrons. The maximum Gasteiger partial charge on any atom is 0.253 e. The van der Waals surface area contributed by atoms with Gasteiger partial charge in [0.15, 0.2) is 0 Å². The number of hydrogen-bond donors (Lipinski definition) is 3. The van der Waals surface area contributed by atoms with Crippen LogP contribution in [-0.2, 0) is 0 Å². The lowest BCUT2D eigenvalue weighted by molar-refractivity contribution is 0.0956. The number of aliphatic hydroxyl groups is 1. The molecule has 1 fully saturated rings. The molecule has 1 unspecified atom stereocenters. The molecule has 0 saturated carbocycles. The summed E-state index contributed by atoms with van der Waals surface area (Å²) in [5.74, 6) is -0.0962. The molecule has 1 atom stereocenters. The number of amides is 1.